The number of aromatic amines is 1. The quantitative estimate of drug-likeness (QED) is 0.750. The van der Waals surface area contributed by atoms with Crippen molar-refractivity contribution in [3.8, 4) is 0 Å². The molecule has 19 heavy (non-hydrogen) atoms. The van der Waals surface area contributed by atoms with E-state index in [1.54, 1.807) is 0 Å². The van der Waals surface area contributed by atoms with E-state index in [1.807, 2.05) is 30.9 Å². The van der Waals surface area contributed by atoms with E-state index in [4.69, 9.17) is 0 Å². The smallest absolute Gasteiger partial charge is 0.0534 e. The Morgan fingerprint density at radius 1 is 1.21 bits per heavy atom. The standard InChI is InChI=1S/C15H16N4/c1-11(15-9-18-19-10-15)17-7-12-2-3-14-8-16-5-4-13(14)6-12/h2-6,8-11,17H,7H2,1H3,(H,18,19). The van der Waals surface area contributed by atoms with Crippen LogP contribution in [0.1, 0.15) is 24.1 Å². The van der Waals surface area contributed by atoms with Gasteiger partial charge in [0.1, 0.15) is 0 Å². The van der Waals surface area contributed by atoms with Crippen LogP contribution in [0, 0.1) is 0 Å². The molecule has 96 valence electrons. The average molecular weight is 252 g/mol. The van der Waals surface area contributed by atoms with E-state index in [1.165, 1.54) is 21.9 Å². The number of rotatable bonds is 4. The lowest BCUT2D eigenvalue weighted by molar-refractivity contribution is 0.575. The molecule has 4 nitrogen and oxygen atoms in total. The Kier molecular flexibility index (Phi) is 3.25. The maximum absolute atomic E-state index is 4.12. The lowest BCUT2D eigenvalue weighted by atomic mass is 10.1. The molecular formula is C15H16N4. The minimum absolute atomic E-state index is 0.284. The Morgan fingerprint density at radius 3 is 3.00 bits per heavy atom. The lowest BCUT2D eigenvalue weighted by Crippen LogP contribution is -2.17. The monoisotopic (exact) mass is 252 g/mol. The van der Waals surface area contributed by atoms with Gasteiger partial charge in [-0.3, -0.25) is 10.1 Å². The molecule has 0 saturated heterocycles. The number of hydrogen-bond acceptors (Lipinski definition) is 3. The molecule has 0 aliphatic carbocycles. The molecule has 1 unspecified atom stereocenters. The van der Waals surface area contributed by atoms with Crippen molar-refractivity contribution in [3.63, 3.8) is 0 Å². The van der Waals surface area contributed by atoms with Crippen LogP contribution in [0.4, 0.5) is 0 Å². The van der Waals surface area contributed by atoms with Crippen molar-refractivity contribution in [1.29, 1.82) is 0 Å². The Labute approximate surface area is 111 Å². The summed E-state index contributed by atoms with van der Waals surface area (Å²) in [7, 11) is 0. The topological polar surface area (TPSA) is 53.6 Å². The second kappa shape index (κ2) is 5.20. The third-order valence-corrected chi connectivity index (χ3v) is 3.34. The molecule has 1 atom stereocenters. The second-order valence-electron chi connectivity index (χ2n) is 4.69. The van der Waals surface area contributed by atoms with Gasteiger partial charge in [0.25, 0.3) is 0 Å². The van der Waals surface area contributed by atoms with Gasteiger partial charge in [-0.25, -0.2) is 0 Å². The summed E-state index contributed by atoms with van der Waals surface area (Å²) in [5.41, 5.74) is 2.44. The van der Waals surface area contributed by atoms with Crippen LogP contribution in [0.15, 0.2) is 49.1 Å². The molecule has 0 radical (unpaired) electrons. The summed E-state index contributed by atoms with van der Waals surface area (Å²) in [6.45, 7) is 2.97. The third kappa shape index (κ3) is 2.63. The van der Waals surface area contributed by atoms with Crippen molar-refractivity contribution in [3.05, 3.63) is 60.2 Å². The van der Waals surface area contributed by atoms with Gasteiger partial charge in [0.2, 0.25) is 0 Å². The number of nitrogens with one attached hydrogen (secondary N) is 2. The predicted octanol–water partition coefficient (Wildman–Crippen LogP) is 2.81. The summed E-state index contributed by atoms with van der Waals surface area (Å²) >= 11 is 0. The van der Waals surface area contributed by atoms with E-state index >= 15 is 0 Å². The molecular weight excluding hydrogens is 236 g/mol. The summed E-state index contributed by atoms with van der Waals surface area (Å²) in [5.74, 6) is 0. The maximum atomic E-state index is 4.12. The van der Waals surface area contributed by atoms with E-state index in [9.17, 15) is 0 Å². The van der Waals surface area contributed by atoms with Crippen molar-refractivity contribution in [2.75, 3.05) is 0 Å². The zero-order chi connectivity index (χ0) is 13.1. The molecule has 0 bridgehead atoms. The number of benzene rings is 1. The molecule has 1 aromatic carbocycles. The van der Waals surface area contributed by atoms with Crippen LogP contribution in [0.2, 0.25) is 0 Å². The van der Waals surface area contributed by atoms with E-state index < -0.39 is 0 Å². The Bertz CT molecular complexity index is 661. The van der Waals surface area contributed by atoms with E-state index in [2.05, 4.69) is 45.6 Å². The molecule has 0 amide bonds. The zero-order valence-corrected chi connectivity index (χ0v) is 10.8. The molecule has 2 aromatic heterocycles. The first-order valence-electron chi connectivity index (χ1n) is 6.37. The van der Waals surface area contributed by atoms with Crippen molar-refractivity contribution < 1.29 is 0 Å². The number of nitrogens with zero attached hydrogens (tertiary/aromatic N) is 2. The van der Waals surface area contributed by atoms with E-state index in [-0.39, 0.29) is 6.04 Å². The van der Waals surface area contributed by atoms with Crippen LogP contribution in [0.25, 0.3) is 10.8 Å². The van der Waals surface area contributed by atoms with Crippen molar-refractivity contribution in [1.82, 2.24) is 20.5 Å². The SMILES string of the molecule is CC(NCc1ccc2cnccc2c1)c1cn[nH]c1. The Hall–Kier alpha value is -2.20. The molecule has 3 rings (SSSR count). The molecule has 2 heterocycles. The van der Waals surface area contributed by atoms with E-state index in [0.717, 1.165) is 6.54 Å². The van der Waals surface area contributed by atoms with Gasteiger partial charge >= 0.3 is 0 Å². The molecule has 3 aromatic rings. The van der Waals surface area contributed by atoms with Crippen LogP contribution >= 0.6 is 0 Å². The highest BCUT2D eigenvalue weighted by atomic mass is 15.1. The van der Waals surface area contributed by atoms with Crippen LogP contribution < -0.4 is 5.32 Å². The first-order valence-corrected chi connectivity index (χ1v) is 6.37. The molecule has 0 spiro atoms. The van der Waals surface area contributed by atoms with Crippen molar-refractivity contribution >= 4 is 10.8 Å². The van der Waals surface area contributed by atoms with Gasteiger partial charge in [0, 0.05) is 42.1 Å². The normalized spacial score (nSPS) is 12.7. The average Bonchev–Trinajstić information content (AvgIpc) is 2.99. The van der Waals surface area contributed by atoms with Gasteiger partial charge in [-0.1, -0.05) is 12.1 Å². The highest BCUT2D eigenvalue weighted by Crippen LogP contribution is 2.16. The number of aromatic nitrogens is 3. The van der Waals surface area contributed by atoms with Gasteiger partial charge < -0.3 is 5.32 Å². The predicted molar refractivity (Wildman–Crippen MR) is 75.6 cm³/mol. The van der Waals surface area contributed by atoms with Crippen LogP contribution in [0.3, 0.4) is 0 Å². The second-order valence-corrected chi connectivity index (χ2v) is 4.69. The van der Waals surface area contributed by atoms with Crippen LogP contribution in [0.5, 0.6) is 0 Å². The van der Waals surface area contributed by atoms with Gasteiger partial charge in [-0.05, 0) is 30.0 Å². The summed E-state index contributed by atoms with van der Waals surface area (Å²) in [6, 6.07) is 8.78. The highest BCUT2D eigenvalue weighted by Gasteiger charge is 2.05. The molecule has 0 aliphatic heterocycles. The first kappa shape index (κ1) is 11.9. The zero-order valence-electron chi connectivity index (χ0n) is 10.8. The Balaban J connectivity index is 1.71. The fraction of sp³-hybridized carbons (Fsp3) is 0.200. The Morgan fingerprint density at radius 2 is 2.16 bits per heavy atom. The summed E-state index contributed by atoms with van der Waals surface area (Å²) in [4.78, 5) is 4.12. The third-order valence-electron chi connectivity index (χ3n) is 3.34. The molecule has 0 aliphatic rings. The molecule has 0 fully saturated rings. The minimum Gasteiger partial charge on any atom is -0.306 e. The molecule has 0 saturated carbocycles. The number of H-pyrrole nitrogens is 1. The van der Waals surface area contributed by atoms with Gasteiger partial charge in [-0.15, -0.1) is 0 Å². The summed E-state index contributed by atoms with van der Waals surface area (Å²) in [5, 5.41) is 12.7. The fourth-order valence-corrected chi connectivity index (χ4v) is 2.13. The number of hydrogen-bond donors (Lipinski definition) is 2. The first-order chi connectivity index (χ1) is 9.33. The van der Waals surface area contributed by atoms with Crippen molar-refractivity contribution in [2.45, 2.75) is 19.5 Å². The largest absolute Gasteiger partial charge is 0.306 e. The minimum atomic E-state index is 0.284. The molecule has 4 heteroatoms. The van der Waals surface area contributed by atoms with Crippen molar-refractivity contribution in [2.24, 2.45) is 0 Å². The summed E-state index contributed by atoms with van der Waals surface area (Å²) in [6.07, 6.45) is 7.49. The summed E-state index contributed by atoms with van der Waals surface area (Å²) < 4.78 is 0. The highest BCUT2D eigenvalue weighted by molar-refractivity contribution is 5.81. The number of fused-ring (bicyclic) bond motifs is 1. The number of pyridine rings is 1. The van der Waals surface area contributed by atoms with Gasteiger partial charge in [0.05, 0.1) is 6.20 Å². The maximum Gasteiger partial charge on any atom is 0.0534 e. The lowest BCUT2D eigenvalue weighted by Gasteiger charge is -2.12. The van der Waals surface area contributed by atoms with Gasteiger partial charge in [-0.2, -0.15) is 5.10 Å². The van der Waals surface area contributed by atoms with Gasteiger partial charge in [0.15, 0.2) is 0 Å². The van der Waals surface area contributed by atoms with E-state index in [0.29, 0.717) is 0 Å². The fourth-order valence-electron chi connectivity index (χ4n) is 2.13. The van der Waals surface area contributed by atoms with Crippen LogP contribution in [-0.2, 0) is 6.54 Å². The molecule has 2 N–H and O–H groups in total. The van der Waals surface area contributed by atoms with Crippen LogP contribution in [-0.4, -0.2) is 15.2 Å².